The second-order valence-electron chi connectivity index (χ2n) is 8.12. The normalized spacial score (nSPS) is 15.1. The maximum absolute atomic E-state index is 12.8. The Balaban J connectivity index is 1.92. The molecule has 1 aromatic carbocycles. The fourth-order valence-electron chi connectivity index (χ4n) is 3.30. The number of unbranched alkanes of at least 4 members (excludes halogenated alkanes) is 2. The summed E-state index contributed by atoms with van der Waals surface area (Å²) < 4.78 is 5.33. The van der Waals surface area contributed by atoms with E-state index in [0.29, 0.717) is 6.42 Å². The summed E-state index contributed by atoms with van der Waals surface area (Å²) >= 11 is 3.42. The lowest BCUT2D eigenvalue weighted by atomic mass is 10.1. The fourth-order valence-corrected chi connectivity index (χ4v) is 3.70. The van der Waals surface area contributed by atoms with Gasteiger partial charge < -0.3 is 15.4 Å². The predicted molar refractivity (Wildman–Crippen MR) is 111 cm³/mol. The molecule has 0 saturated carbocycles. The Labute approximate surface area is 170 Å². The molecule has 2 N–H and O–H groups in total. The standard InChI is InChI=1S/C21H31BrN2O3/c1-21(2,3)27-20(26)24-18(11-5-4-8-12-22)19(25)23-17-13-15-9-6-7-10-16(15)14-17/h6-7,9-10,17-18H,4-5,8,11-14H2,1-3H3,(H,23,25)(H,24,26)/t18-/m0/s1. The largest absolute Gasteiger partial charge is 0.444 e. The molecule has 0 unspecified atom stereocenters. The van der Waals surface area contributed by atoms with Gasteiger partial charge in [-0.25, -0.2) is 4.79 Å². The third-order valence-electron chi connectivity index (χ3n) is 4.53. The van der Waals surface area contributed by atoms with Gasteiger partial charge in [0, 0.05) is 11.4 Å². The van der Waals surface area contributed by atoms with Gasteiger partial charge in [-0.3, -0.25) is 4.79 Å². The average Bonchev–Trinajstić information content (AvgIpc) is 2.98. The summed E-state index contributed by atoms with van der Waals surface area (Å²) in [5.41, 5.74) is 1.99. The summed E-state index contributed by atoms with van der Waals surface area (Å²) in [5.74, 6) is -0.127. The molecule has 2 amide bonds. The Bertz CT molecular complexity index is 618. The van der Waals surface area contributed by atoms with E-state index in [2.05, 4.69) is 38.7 Å². The predicted octanol–water partition coefficient (Wildman–Crippen LogP) is 4.12. The van der Waals surface area contributed by atoms with Gasteiger partial charge in [-0.15, -0.1) is 0 Å². The van der Waals surface area contributed by atoms with E-state index in [1.165, 1.54) is 11.1 Å². The van der Waals surface area contributed by atoms with Gasteiger partial charge in [0.25, 0.3) is 0 Å². The van der Waals surface area contributed by atoms with E-state index in [0.717, 1.165) is 37.4 Å². The molecule has 0 heterocycles. The summed E-state index contributed by atoms with van der Waals surface area (Å²) in [6.45, 7) is 5.44. The van der Waals surface area contributed by atoms with Crippen LogP contribution in [0.5, 0.6) is 0 Å². The van der Waals surface area contributed by atoms with Gasteiger partial charge in [0.05, 0.1) is 0 Å². The average molecular weight is 439 g/mol. The second-order valence-corrected chi connectivity index (χ2v) is 8.91. The van der Waals surface area contributed by atoms with Crippen LogP contribution in [-0.2, 0) is 22.4 Å². The van der Waals surface area contributed by atoms with E-state index >= 15 is 0 Å². The number of rotatable bonds is 8. The minimum Gasteiger partial charge on any atom is -0.444 e. The van der Waals surface area contributed by atoms with E-state index in [4.69, 9.17) is 4.74 Å². The molecule has 0 bridgehead atoms. The van der Waals surface area contributed by atoms with Crippen molar-refractivity contribution >= 4 is 27.9 Å². The smallest absolute Gasteiger partial charge is 0.408 e. The van der Waals surface area contributed by atoms with Crippen LogP contribution in [0.25, 0.3) is 0 Å². The molecule has 1 aliphatic carbocycles. The number of carbonyl (C=O) groups is 2. The van der Waals surface area contributed by atoms with Gasteiger partial charge in [-0.2, -0.15) is 0 Å². The molecule has 0 aliphatic heterocycles. The van der Waals surface area contributed by atoms with Crippen LogP contribution in [0, 0.1) is 0 Å². The third-order valence-corrected chi connectivity index (χ3v) is 5.09. The quantitative estimate of drug-likeness (QED) is 0.473. The van der Waals surface area contributed by atoms with Crippen molar-refractivity contribution in [2.75, 3.05) is 5.33 Å². The number of alkyl halides is 1. The number of carbonyl (C=O) groups excluding carboxylic acids is 2. The van der Waals surface area contributed by atoms with Gasteiger partial charge in [-0.1, -0.05) is 53.0 Å². The molecule has 0 radical (unpaired) electrons. The maximum Gasteiger partial charge on any atom is 0.408 e. The SMILES string of the molecule is CC(C)(C)OC(=O)N[C@@H](CCCCCBr)C(=O)NC1Cc2ccccc2C1. The monoisotopic (exact) mass is 438 g/mol. The molecule has 1 atom stereocenters. The summed E-state index contributed by atoms with van der Waals surface area (Å²) in [4.78, 5) is 25.0. The zero-order valence-corrected chi connectivity index (χ0v) is 18.1. The molecule has 6 heteroatoms. The molecule has 0 aromatic heterocycles. The van der Waals surface area contributed by atoms with Crippen LogP contribution in [0.1, 0.15) is 57.6 Å². The Morgan fingerprint density at radius 1 is 1.15 bits per heavy atom. The Hall–Kier alpha value is -1.56. The molecule has 5 nitrogen and oxygen atoms in total. The van der Waals surface area contributed by atoms with Crippen molar-refractivity contribution in [1.29, 1.82) is 0 Å². The molecule has 27 heavy (non-hydrogen) atoms. The number of fused-ring (bicyclic) bond motifs is 1. The molecule has 1 aromatic rings. The molecule has 0 spiro atoms. The molecule has 0 saturated heterocycles. The highest BCUT2D eigenvalue weighted by molar-refractivity contribution is 9.09. The second kappa shape index (κ2) is 10.1. The van der Waals surface area contributed by atoms with E-state index < -0.39 is 17.7 Å². The van der Waals surface area contributed by atoms with E-state index in [1.54, 1.807) is 0 Å². The molecule has 2 rings (SSSR count). The van der Waals surface area contributed by atoms with Crippen LogP contribution in [0.15, 0.2) is 24.3 Å². The first kappa shape index (κ1) is 21.7. The van der Waals surface area contributed by atoms with Gasteiger partial charge >= 0.3 is 6.09 Å². The summed E-state index contributed by atoms with van der Waals surface area (Å²) in [5, 5.41) is 6.83. The van der Waals surface area contributed by atoms with Crippen molar-refractivity contribution in [2.45, 2.75) is 77.0 Å². The van der Waals surface area contributed by atoms with Gasteiger partial charge in [0.15, 0.2) is 0 Å². The van der Waals surface area contributed by atoms with Crippen molar-refractivity contribution in [3.8, 4) is 0 Å². The van der Waals surface area contributed by atoms with E-state index in [9.17, 15) is 9.59 Å². The van der Waals surface area contributed by atoms with Crippen LogP contribution in [0.2, 0.25) is 0 Å². The maximum atomic E-state index is 12.8. The molecule has 150 valence electrons. The van der Waals surface area contributed by atoms with Crippen molar-refractivity contribution < 1.29 is 14.3 Å². The summed E-state index contributed by atoms with van der Waals surface area (Å²) in [6.07, 6.45) is 4.69. The van der Waals surface area contributed by atoms with Crippen LogP contribution in [0.3, 0.4) is 0 Å². The third kappa shape index (κ3) is 7.53. The number of halogens is 1. The first-order chi connectivity index (χ1) is 12.8. The van der Waals surface area contributed by atoms with Crippen molar-refractivity contribution in [2.24, 2.45) is 0 Å². The lowest BCUT2D eigenvalue weighted by molar-refractivity contribution is -0.124. The lowest BCUT2D eigenvalue weighted by Crippen LogP contribution is -2.50. The number of amides is 2. The number of nitrogens with one attached hydrogen (secondary N) is 2. The number of alkyl carbamates (subject to hydrolysis) is 1. The first-order valence-corrected chi connectivity index (χ1v) is 10.8. The van der Waals surface area contributed by atoms with Crippen LogP contribution >= 0.6 is 15.9 Å². The van der Waals surface area contributed by atoms with Gasteiger partial charge in [-0.05, 0) is 57.6 Å². The highest BCUT2D eigenvalue weighted by Gasteiger charge is 2.28. The van der Waals surface area contributed by atoms with Crippen molar-refractivity contribution in [1.82, 2.24) is 10.6 Å². The van der Waals surface area contributed by atoms with Crippen molar-refractivity contribution in [3.63, 3.8) is 0 Å². The summed E-state index contributed by atoms with van der Waals surface area (Å²) in [6, 6.07) is 7.79. The van der Waals surface area contributed by atoms with E-state index in [-0.39, 0.29) is 11.9 Å². The Kier molecular flexibility index (Phi) is 8.14. The van der Waals surface area contributed by atoms with E-state index in [1.807, 2.05) is 32.9 Å². The minimum absolute atomic E-state index is 0.0837. The number of benzene rings is 1. The molecule has 0 fully saturated rings. The molecular formula is C21H31BrN2O3. The van der Waals surface area contributed by atoms with Crippen LogP contribution < -0.4 is 10.6 Å². The molecular weight excluding hydrogens is 408 g/mol. The van der Waals surface area contributed by atoms with Crippen molar-refractivity contribution in [3.05, 3.63) is 35.4 Å². The minimum atomic E-state index is -0.589. The Morgan fingerprint density at radius 2 is 1.78 bits per heavy atom. The number of hydrogen-bond donors (Lipinski definition) is 2. The lowest BCUT2D eigenvalue weighted by Gasteiger charge is -2.24. The number of hydrogen-bond acceptors (Lipinski definition) is 3. The zero-order chi connectivity index (χ0) is 19.9. The summed E-state index contributed by atoms with van der Waals surface area (Å²) in [7, 11) is 0. The topological polar surface area (TPSA) is 67.4 Å². The molecule has 1 aliphatic rings. The van der Waals surface area contributed by atoms with Crippen LogP contribution in [0.4, 0.5) is 4.79 Å². The van der Waals surface area contributed by atoms with Gasteiger partial charge in [0.2, 0.25) is 5.91 Å². The van der Waals surface area contributed by atoms with Gasteiger partial charge in [0.1, 0.15) is 11.6 Å². The first-order valence-electron chi connectivity index (χ1n) is 9.71. The fraction of sp³-hybridized carbons (Fsp3) is 0.619. The van der Waals surface area contributed by atoms with Crippen LogP contribution in [-0.4, -0.2) is 35.0 Å². The highest BCUT2D eigenvalue weighted by atomic mass is 79.9. The zero-order valence-electron chi connectivity index (χ0n) is 16.5. The number of ether oxygens (including phenoxy) is 1. The Morgan fingerprint density at radius 3 is 2.33 bits per heavy atom. The highest BCUT2D eigenvalue weighted by Crippen LogP contribution is 2.22.